The summed E-state index contributed by atoms with van der Waals surface area (Å²) in [5.74, 6) is 1.01. The van der Waals surface area contributed by atoms with Gasteiger partial charge in [0, 0.05) is 6.54 Å². The summed E-state index contributed by atoms with van der Waals surface area (Å²) >= 11 is 5.40. The van der Waals surface area contributed by atoms with Crippen LogP contribution in [-0.2, 0) is 6.42 Å². The number of methoxy groups -OCH3 is 2. The van der Waals surface area contributed by atoms with Gasteiger partial charge in [0.15, 0.2) is 16.3 Å². The zero-order valence-electron chi connectivity index (χ0n) is 17.9. The standard InChI is InChI=1S/C23H25N3O4S/c1-12-5-6-16(13(2)9-12)26-22(28)19(21(27)25-23(26)31)20-15-11-18(30-4)17(29-3)10-14(15)7-8-24-20/h5-6,9-11,20,24,28H,7-8H2,1-4H3,(H,25,27,31)/t20-/m1/s1. The highest BCUT2D eigenvalue weighted by Gasteiger charge is 2.30. The topological polar surface area (TPSA) is 88.5 Å². The van der Waals surface area contributed by atoms with Crippen molar-refractivity contribution in [3.63, 3.8) is 0 Å². The number of aryl methyl sites for hydroxylation is 2. The van der Waals surface area contributed by atoms with Crippen LogP contribution in [0.1, 0.15) is 33.9 Å². The number of aromatic hydroxyl groups is 1. The van der Waals surface area contributed by atoms with Crippen LogP contribution in [0.5, 0.6) is 17.4 Å². The summed E-state index contributed by atoms with van der Waals surface area (Å²) in [5.41, 5.74) is 4.42. The van der Waals surface area contributed by atoms with Crippen LogP contribution < -0.4 is 20.3 Å². The summed E-state index contributed by atoms with van der Waals surface area (Å²) in [5, 5.41) is 14.6. The van der Waals surface area contributed by atoms with E-state index in [1.807, 2.05) is 44.2 Å². The fourth-order valence-corrected chi connectivity index (χ4v) is 4.50. The SMILES string of the molecule is COc1cc2c(cc1OC)[C@H](c1c(O)n(-c3ccc(C)cc3C)c(=S)[nH]c1=O)NCC2. The normalized spacial score (nSPS) is 15.4. The summed E-state index contributed by atoms with van der Waals surface area (Å²) in [6, 6.07) is 9.09. The Morgan fingerprint density at radius 3 is 2.52 bits per heavy atom. The lowest BCUT2D eigenvalue weighted by molar-refractivity contribution is 0.352. The molecule has 2 aromatic carbocycles. The molecule has 0 fully saturated rings. The molecule has 3 N–H and O–H groups in total. The Bertz CT molecular complexity index is 1280. The minimum Gasteiger partial charge on any atom is -0.494 e. The molecule has 8 heteroatoms. The van der Waals surface area contributed by atoms with Gasteiger partial charge in [-0.3, -0.25) is 14.3 Å². The van der Waals surface area contributed by atoms with Gasteiger partial charge in [-0.05, 0) is 67.4 Å². The minimum absolute atomic E-state index is 0.140. The van der Waals surface area contributed by atoms with Gasteiger partial charge in [-0.25, -0.2) is 0 Å². The summed E-state index contributed by atoms with van der Waals surface area (Å²) in [6.07, 6.45) is 0.765. The first-order valence-corrected chi connectivity index (χ1v) is 10.4. The predicted molar refractivity (Wildman–Crippen MR) is 121 cm³/mol. The third-order valence-electron chi connectivity index (χ3n) is 5.70. The molecule has 3 aromatic rings. The van der Waals surface area contributed by atoms with Gasteiger partial charge in [0.1, 0.15) is 0 Å². The van der Waals surface area contributed by atoms with E-state index in [4.69, 9.17) is 21.7 Å². The van der Waals surface area contributed by atoms with Crippen LogP contribution in [0.2, 0.25) is 0 Å². The Morgan fingerprint density at radius 1 is 1.13 bits per heavy atom. The molecule has 1 aromatic heterocycles. The van der Waals surface area contributed by atoms with Crippen LogP contribution in [0.4, 0.5) is 0 Å². The Hall–Kier alpha value is -3.10. The van der Waals surface area contributed by atoms with Gasteiger partial charge in [-0.2, -0.15) is 0 Å². The number of aromatic amines is 1. The van der Waals surface area contributed by atoms with E-state index in [1.54, 1.807) is 14.2 Å². The van der Waals surface area contributed by atoms with Gasteiger partial charge in [-0.1, -0.05) is 17.7 Å². The lowest BCUT2D eigenvalue weighted by Gasteiger charge is -2.29. The molecule has 1 aliphatic heterocycles. The molecule has 0 spiro atoms. The molecular weight excluding hydrogens is 414 g/mol. The maximum Gasteiger partial charge on any atom is 0.260 e. The molecule has 162 valence electrons. The maximum atomic E-state index is 13.0. The van der Waals surface area contributed by atoms with Gasteiger partial charge in [0.25, 0.3) is 5.56 Å². The van der Waals surface area contributed by atoms with E-state index in [9.17, 15) is 9.90 Å². The van der Waals surface area contributed by atoms with Crippen LogP contribution in [0.3, 0.4) is 0 Å². The first-order valence-electron chi connectivity index (χ1n) is 9.99. The van der Waals surface area contributed by atoms with Crippen LogP contribution in [0.15, 0.2) is 35.1 Å². The van der Waals surface area contributed by atoms with Crippen LogP contribution in [0.25, 0.3) is 5.69 Å². The second kappa shape index (κ2) is 8.20. The number of aromatic nitrogens is 2. The lowest BCUT2D eigenvalue weighted by atomic mass is 9.90. The molecule has 4 rings (SSSR count). The highest BCUT2D eigenvalue weighted by atomic mass is 32.1. The van der Waals surface area contributed by atoms with E-state index in [1.165, 1.54) is 4.57 Å². The van der Waals surface area contributed by atoms with Crippen molar-refractivity contribution in [1.82, 2.24) is 14.9 Å². The Morgan fingerprint density at radius 2 is 1.84 bits per heavy atom. The molecule has 1 atom stereocenters. The molecule has 0 aliphatic carbocycles. The molecular formula is C23H25N3O4S. The molecule has 1 aliphatic rings. The van der Waals surface area contributed by atoms with E-state index in [2.05, 4.69) is 10.3 Å². The van der Waals surface area contributed by atoms with Gasteiger partial charge in [-0.15, -0.1) is 0 Å². The van der Waals surface area contributed by atoms with Crippen molar-refractivity contribution >= 4 is 12.2 Å². The first-order chi connectivity index (χ1) is 14.8. The van der Waals surface area contributed by atoms with E-state index in [0.717, 1.165) is 28.7 Å². The lowest BCUT2D eigenvalue weighted by Crippen LogP contribution is -2.35. The fourth-order valence-electron chi connectivity index (χ4n) is 4.22. The van der Waals surface area contributed by atoms with E-state index in [0.29, 0.717) is 23.7 Å². The highest BCUT2D eigenvalue weighted by Crippen LogP contribution is 2.39. The second-order valence-corrected chi connectivity index (χ2v) is 8.05. The number of hydrogen-bond donors (Lipinski definition) is 3. The molecule has 0 radical (unpaired) electrons. The Balaban J connectivity index is 1.95. The molecule has 0 saturated heterocycles. The molecule has 0 bridgehead atoms. The van der Waals surface area contributed by atoms with E-state index >= 15 is 0 Å². The predicted octanol–water partition coefficient (Wildman–Crippen LogP) is 3.47. The number of hydrogen-bond acceptors (Lipinski definition) is 6. The number of benzene rings is 2. The summed E-state index contributed by atoms with van der Waals surface area (Å²) in [6.45, 7) is 4.59. The van der Waals surface area contributed by atoms with Crippen molar-refractivity contribution in [1.29, 1.82) is 0 Å². The number of rotatable bonds is 4. The molecule has 2 heterocycles. The van der Waals surface area contributed by atoms with Crippen LogP contribution >= 0.6 is 12.2 Å². The number of nitrogens with one attached hydrogen (secondary N) is 2. The van der Waals surface area contributed by atoms with Crippen molar-refractivity contribution < 1.29 is 14.6 Å². The maximum absolute atomic E-state index is 13.0. The third-order valence-corrected chi connectivity index (χ3v) is 5.99. The molecule has 7 nitrogen and oxygen atoms in total. The molecule has 0 unspecified atom stereocenters. The van der Waals surface area contributed by atoms with E-state index in [-0.39, 0.29) is 16.2 Å². The van der Waals surface area contributed by atoms with Gasteiger partial charge < -0.3 is 19.9 Å². The van der Waals surface area contributed by atoms with Crippen molar-refractivity contribution in [3.05, 3.63) is 73.3 Å². The number of H-pyrrole nitrogens is 1. The average molecular weight is 440 g/mol. The Labute approximate surface area is 185 Å². The van der Waals surface area contributed by atoms with Gasteiger partial charge >= 0.3 is 0 Å². The van der Waals surface area contributed by atoms with Gasteiger partial charge in [0.2, 0.25) is 5.88 Å². The zero-order valence-corrected chi connectivity index (χ0v) is 18.7. The minimum atomic E-state index is -0.528. The van der Waals surface area contributed by atoms with Crippen molar-refractivity contribution in [3.8, 4) is 23.1 Å². The number of nitrogens with zero attached hydrogens (tertiary/aromatic N) is 1. The van der Waals surface area contributed by atoms with Crippen LogP contribution in [-0.4, -0.2) is 35.4 Å². The molecule has 31 heavy (non-hydrogen) atoms. The first kappa shape index (κ1) is 21.1. The van der Waals surface area contributed by atoms with Crippen LogP contribution in [0, 0.1) is 18.6 Å². The Kier molecular flexibility index (Phi) is 5.60. The largest absolute Gasteiger partial charge is 0.494 e. The molecule has 0 amide bonds. The second-order valence-electron chi connectivity index (χ2n) is 7.67. The van der Waals surface area contributed by atoms with Crippen molar-refractivity contribution in [2.45, 2.75) is 26.3 Å². The number of ether oxygens (including phenoxy) is 2. The van der Waals surface area contributed by atoms with Crippen molar-refractivity contribution in [2.75, 3.05) is 20.8 Å². The number of fused-ring (bicyclic) bond motifs is 1. The highest BCUT2D eigenvalue weighted by molar-refractivity contribution is 7.71. The third kappa shape index (κ3) is 3.62. The summed E-state index contributed by atoms with van der Waals surface area (Å²) in [4.78, 5) is 15.7. The quantitative estimate of drug-likeness (QED) is 0.540. The molecule has 0 saturated carbocycles. The van der Waals surface area contributed by atoms with Crippen molar-refractivity contribution in [2.24, 2.45) is 0 Å². The summed E-state index contributed by atoms with van der Waals surface area (Å²) in [7, 11) is 3.16. The summed E-state index contributed by atoms with van der Waals surface area (Å²) < 4.78 is 12.5. The van der Waals surface area contributed by atoms with E-state index < -0.39 is 11.6 Å². The fraction of sp³-hybridized carbons (Fsp3) is 0.304. The smallest absolute Gasteiger partial charge is 0.260 e. The average Bonchev–Trinajstić information content (AvgIpc) is 2.74. The van der Waals surface area contributed by atoms with Gasteiger partial charge in [0.05, 0.1) is 31.5 Å². The monoisotopic (exact) mass is 439 g/mol. The zero-order chi connectivity index (χ0) is 22.3.